The summed E-state index contributed by atoms with van der Waals surface area (Å²) in [6.45, 7) is 2.90. The van der Waals surface area contributed by atoms with Gasteiger partial charge >= 0.3 is 0 Å². The summed E-state index contributed by atoms with van der Waals surface area (Å²) in [5.41, 5.74) is 0.774. The van der Waals surface area contributed by atoms with E-state index in [2.05, 4.69) is 5.32 Å². The van der Waals surface area contributed by atoms with E-state index in [0.29, 0.717) is 31.0 Å². The first-order valence-corrected chi connectivity index (χ1v) is 7.59. The van der Waals surface area contributed by atoms with Crippen molar-refractivity contribution >= 4 is 17.9 Å². The van der Waals surface area contributed by atoms with Gasteiger partial charge in [-0.25, -0.2) is 0 Å². The van der Waals surface area contributed by atoms with Gasteiger partial charge in [0.25, 0.3) is 0 Å². The molecule has 1 unspecified atom stereocenters. The molecule has 124 valence electrons. The van der Waals surface area contributed by atoms with Gasteiger partial charge in [-0.3, -0.25) is 9.59 Å². The number of benzene rings is 1. The van der Waals surface area contributed by atoms with Gasteiger partial charge in [0, 0.05) is 30.8 Å². The van der Waals surface area contributed by atoms with E-state index in [1.165, 1.54) is 6.08 Å². The van der Waals surface area contributed by atoms with Crippen molar-refractivity contribution in [3.8, 4) is 11.5 Å². The fourth-order valence-electron chi connectivity index (χ4n) is 2.60. The quantitative estimate of drug-likeness (QED) is 0.835. The maximum atomic E-state index is 12.4. The second kappa shape index (κ2) is 7.67. The largest absolute Gasteiger partial charge is 0.497 e. The molecule has 1 aromatic carbocycles. The Balaban J connectivity index is 2.16. The van der Waals surface area contributed by atoms with Gasteiger partial charge in [-0.05, 0) is 24.6 Å². The Kier molecular flexibility index (Phi) is 5.62. The molecule has 6 nitrogen and oxygen atoms in total. The van der Waals surface area contributed by atoms with Crippen molar-refractivity contribution in [3.63, 3.8) is 0 Å². The Morgan fingerprint density at radius 3 is 2.83 bits per heavy atom. The van der Waals surface area contributed by atoms with Crippen molar-refractivity contribution < 1.29 is 19.1 Å². The lowest BCUT2D eigenvalue weighted by molar-refractivity contribution is -0.140. The number of nitrogens with zero attached hydrogens (tertiary/aromatic N) is 1. The number of carbonyl (C=O) groups is 2. The smallest absolute Gasteiger partial charge is 0.247 e. The van der Waals surface area contributed by atoms with Crippen LogP contribution < -0.4 is 14.8 Å². The van der Waals surface area contributed by atoms with Crippen LogP contribution in [0.2, 0.25) is 0 Å². The topological polar surface area (TPSA) is 67.9 Å². The predicted octanol–water partition coefficient (Wildman–Crippen LogP) is 1.45. The SMILES string of the molecule is CCC1C(=O)NCCN1C(=O)/C=C/c1ccc(OC)cc1OC. The number of hydrogen-bond donors (Lipinski definition) is 1. The van der Waals surface area contributed by atoms with Gasteiger partial charge in [0.15, 0.2) is 0 Å². The van der Waals surface area contributed by atoms with Crippen LogP contribution >= 0.6 is 0 Å². The summed E-state index contributed by atoms with van der Waals surface area (Å²) in [5, 5.41) is 2.78. The molecule has 0 bridgehead atoms. The lowest BCUT2D eigenvalue weighted by atomic mass is 10.1. The molecule has 1 atom stereocenters. The fourth-order valence-corrected chi connectivity index (χ4v) is 2.60. The highest BCUT2D eigenvalue weighted by atomic mass is 16.5. The molecule has 1 N–H and O–H groups in total. The van der Waals surface area contributed by atoms with E-state index in [1.54, 1.807) is 37.3 Å². The van der Waals surface area contributed by atoms with Gasteiger partial charge in [0.1, 0.15) is 17.5 Å². The van der Waals surface area contributed by atoms with Crippen molar-refractivity contribution in [3.05, 3.63) is 29.8 Å². The first kappa shape index (κ1) is 16.9. The van der Waals surface area contributed by atoms with E-state index in [0.717, 1.165) is 5.56 Å². The van der Waals surface area contributed by atoms with E-state index in [4.69, 9.17) is 9.47 Å². The average molecular weight is 318 g/mol. The minimum atomic E-state index is -0.404. The van der Waals surface area contributed by atoms with Crippen LogP contribution in [-0.2, 0) is 9.59 Å². The number of amides is 2. The van der Waals surface area contributed by atoms with Crippen LogP contribution in [0.4, 0.5) is 0 Å². The third kappa shape index (κ3) is 3.83. The van der Waals surface area contributed by atoms with Crippen molar-refractivity contribution in [2.24, 2.45) is 0 Å². The minimum absolute atomic E-state index is 0.0949. The van der Waals surface area contributed by atoms with E-state index in [9.17, 15) is 9.59 Å². The maximum Gasteiger partial charge on any atom is 0.247 e. The van der Waals surface area contributed by atoms with Gasteiger partial charge in [-0.2, -0.15) is 0 Å². The zero-order chi connectivity index (χ0) is 16.8. The molecule has 0 aromatic heterocycles. The third-order valence-corrected chi connectivity index (χ3v) is 3.85. The van der Waals surface area contributed by atoms with Gasteiger partial charge in [-0.1, -0.05) is 6.92 Å². The third-order valence-electron chi connectivity index (χ3n) is 3.85. The monoisotopic (exact) mass is 318 g/mol. The number of rotatable bonds is 5. The molecule has 1 heterocycles. The van der Waals surface area contributed by atoms with Crippen LogP contribution in [0.1, 0.15) is 18.9 Å². The first-order chi connectivity index (χ1) is 11.1. The Bertz CT molecular complexity index is 613. The fraction of sp³-hybridized carbons (Fsp3) is 0.412. The lowest BCUT2D eigenvalue weighted by Crippen LogP contribution is -2.56. The summed E-state index contributed by atoms with van der Waals surface area (Å²) in [7, 11) is 3.15. The van der Waals surface area contributed by atoms with Crippen LogP contribution in [0.15, 0.2) is 24.3 Å². The van der Waals surface area contributed by atoms with Crippen LogP contribution in [0.3, 0.4) is 0 Å². The highest BCUT2D eigenvalue weighted by Gasteiger charge is 2.30. The van der Waals surface area contributed by atoms with E-state index in [1.807, 2.05) is 13.0 Å². The number of hydrogen-bond acceptors (Lipinski definition) is 4. The molecular weight excluding hydrogens is 296 g/mol. The molecular formula is C17H22N2O4. The van der Waals surface area contributed by atoms with Gasteiger partial charge in [-0.15, -0.1) is 0 Å². The molecule has 1 saturated heterocycles. The molecule has 1 aliphatic heterocycles. The van der Waals surface area contributed by atoms with E-state index < -0.39 is 6.04 Å². The van der Waals surface area contributed by atoms with Gasteiger partial charge in [0.2, 0.25) is 11.8 Å². The van der Waals surface area contributed by atoms with Crippen LogP contribution in [0.5, 0.6) is 11.5 Å². The Hall–Kier alpha value is -2.50. The minimum Gasteiger partial charge on any atom is -0.497 e. The number of piperazine rings is 1. The molecule has 0 saturated carbocycles. The second-order valence-corrected chi connectivity index (χ2v) is 5.19. The molecule has 23 heavy (non-hydrogen) atoms. The van der Waals surface area contributed by atoms with Gasteiger partial charge < -0.3 is 19.7 Å². The number of carbonyl (C=O) groups excluding carboxylic acids is 2. The molecule has 2 rings (SSSR count). The summed E-state index contributed by atoms with van der Waals surface area (Å²) >= 11 is 0. The van der Waals surface area contributed by atoms with Crippen molar-refractivity contribution in [2.75, 3.05) is 27.3 Å². The standard InChI is InChI=1S/C17H22N2O4/c1-4-14-17(21)18-9-10-19(14)16(20)8-6-12-5-7-13(22-2)11-15(12)23-3/h5-8,11,14H,4,9-10H2,1-3H3,(H,18,21)/b8-6+. The maximum absolute atomic E-state index is 12.4. The summed E-state index contributed by atoms with van der Waals surface area (Å²) in [6, 6.07) is 4.98. The molecule has 0 spiro atoms. The number of methoxy groups -OCH3 is 2. The molecule has 1 aromatic rings. The Labute approximate surface area is 136 Å². The first-order valence-electron chi connectivity index (χ1n) is 7.59. The molecule has 2 amide bonds. The van der Waals surface area contributed by atoms with E-state index in [-0.39, 0.29) is 11.8 Å². The van der Waals surface area contributed by atoms with Crippen LogP contribution in [0.25, 0.3) is 6.08 Å². The molecule has 0 aliphatic carbocycles. The highest BCUT2D eigenvalue weighted by Crippen LogP contribution is 2.25. The zero-order valence-corrected chi connectivity index (χ0v) is 13.7. The molecule has 1 aliphatic rings. The average Bonchev–Trinajstić information content (AvgIpc) is 2.59. The molecule has 0 radical (unpaired) electrons. The highest BCUT2D eigenvalue weighted by molar-refractivity contribution is 5.96. The Morgan fingerprint density at radius 2 is 2.17 bits per heavy atom. The van der Waals surface area contributed by atoms with Crippen molar-refractivity contribution in [2.45, 2.75) is 19.4 Å². The van der Waals surface area contributed by atoms with Crippen molar-refractivity contribution in [1.82, 2.24) is 10.2 Å². The molecule has 1 fully saturated rings. The molecule has 6 heteroatoms. The van der Waals surface area contributed by atoms with E-state index >= 15 is 0 Å². The van der Waals surface area contributed by atoms with Crippen LogP contribution in [-0.4, -0.2) is 50.1 Å². The zero-order valence-electron chi connectivity index (χ0n) is 13.7. The Morgan fingerprint density at radius 1 is 1.39 bits per heavy atom. The number of ether oxygens (including phenoxy) is 2. The second-order valence-electron chi connectivity index (χ2n) is 5.19. The van der Waals surface area contributed by atoms with Crippen LogP contribution in [0, 0.1) is 0 Å². The number of nitrogens with one attached hydrogen (secondary N) is 1. The van der Waals surface area contributed by atoms with Crippen molar-refractivity contribution in [1.29, 1.82) is 0 Å². The van der Waals surface area contributed by atoms with Gasteiger partial charge in [0.05, 0.1) is 14.2 Å². The summed E-state index contributed by atoms with van der Waals surface area (Å²) in [4.78, 5) is 25.8. The summed E-state index contributed by atoms with van der Waals surface area (Å²) in [6.07, 6.45) is 3.77. The lowest BCUT2D eigenvalue weighted by Gasteiger charge is -2.33. The summed E-state index contributed by atoms with van der Waals surface area (Å²) in [5.74, 6) is 1.04. The normalized spacial score (nSPS) is 18.0. The predicted molar refractivity (Wildman–Crippen MR) is 87.4 cm³/mol. The summed E-state index contributed by atoms with van der Waals surface area (Å²) < 4.78 is 10.5.